The second-order valence-corrected chi connectivity index (χ2v) is 7.53. The summed E-state index contributed by atoms with van der Waals surface area (Å²) in [6, 6.07) is 15.7. The smallest absolute Gasteiger partial charge is 0.227 e. The van der Waals surface area contributed by atoms with Crippen LogP contribution in [0.4, 0.5) is 5.69 Å². The molecular weight excluding hydrogens is 329 g/mol. The summed E-state index contributed by atoms with van der Waals surface area (Å²) in [6.45, 7) is 7.79. The first kappa shape index (κ1) is 17.6. The van der Waals surface area contributed by atoms with Gasteiger partial charge in [-0.1, -0.05) is 43.0 Å². The van der Waals surface area contributed by atoms with E-state index in [9.17, 15) is 4.79 Å². The fraction of sp³-hybridized carbons (Fsp3) is 0.211. The van der Waals surface area contributed by atoms with Crippen molar-refractivity contribution in [3.8, 4) is 0 Å². The number of halogens is 2. The van der Waals surface area contributed by atoms with Crippen molar-refractivity contribution >= 4 is 40.4 Å². The Morgan fingerprint density at radius 1 is 1.17 bits per heavy atom. The Balaban J connectivity index is 2.23. The normalized spacial score (nSPS) is 11.1. The summed E-state index contributed by atoms with van der Waals surface area (Å²) < 4.78 is -1.08. The van der Waals surface area contributed by atoms with Gasteiger partial charge in [-0.25, -0.2) is 0 Å². The largest absolute Gasteiger partial charge is 0.326 e. The van der Waals surface area contributed by atoms with Crippen molar-refractivity contribution in [2.24, 2.45) is 0 Å². The Kier molecular flexibility index (Phi) is 5.51. The van der Waals surface area contributed by atoms with Crippen LogP contribution in [0.5, 0.6) is 0 Å². The Bertz CT molecular complexity index is 718. The minimum Gasteiger partial charge on any atom is -0.326 e. The lowest BCUT2D eigenvalue weighted by Gasteiger charge is -2.15. The van der Waals surface area contributed by atoms with E-state index in [-0.39, 0.29) is 12.3 Å². The van der Waals surface area contributed by atoms with E-state index >= 15 is 0 Å². The highest BCUT2D eigenvalue weighted by Crippen LogP contribution is 2.28. The lowest BCUT2D eigenvalue weighted by atomic mass is 9.95. The van der Waals surface area contributed by atoms with E-state index < -0.39 is 4.33 Å². The number of aryl methyl sites for hydroxylation is 1. The highest BCUT2D eigenvalue weighted by atomic mass is 35.5. The van der Waals surface area contributed by atoms with E-state index in [0.29, 0.717) is 5.69 Å². The molecule has 2 nitrogen and oxygen atoms in total. The molecule has 0 heterocycles. The van der Waals surface area contributed by atoms with Crippen LogP contribution < -0.4 is 5.32 Å². The van der Waals surface area contributed by atoms with Crippen LogP contribution in [0.15, 0.2) is 55.1 Å². The Morgan fingerprint density at radius 2 is 1.83 bits per heavy atom. The van der Waals surface area contributed by atoms with E-state index in [4.69, 9.17) is 23.2 Å². The molecule has 2 aromatic rings. The Morgan fingerprint density at radius 3 is 2.43 bits per heavy atom. The molecule has 0 unspecified atom stereocenters. The fourth-order valence-electron chi connectivity index (χ4n) is 2.31. The van der Waals surface area contributed by atoms with Gasteiger partial charge in [-0.2, -0.15) is 0 Å². The first-order valence-corrected chi connectivity index (χ1v) is 8.05. The number of amides is 1. The second-order valence-electron chi connectivity index (χ2n) is 5.67. The molecule has 1 N–H and O–H groups in total. The number of anilines is 1. The van der Waals surface area contributed by atoms with Gasteiger partial charge in [-0.15, -0.1) is 23.2 Å². The highest BCUT2D eigenvalue weighted by molar-refractivity contribution is 6.49. The number of hydrogen-bond acceptors (Lipinski definition) is 1. The average Bonchev–Trinajstić information content (AvgIpc) is 2.47. The van der Waals surface area contributed by atoms with Crippen molar-refractivity contribution in [2.75, 3.05) is 5.32 Å². The predicted octanol–water partition coefficient (Wildman–Crippen LogP) is 5.58. The van der Waals surface area contributed by atoms with E-state index in [0.717, 1.165) is 22.3 Å². The standard InChI is InChI=1S/C19H19Cl2NO/c1-13-9-10-16(22-18(23)12-19(3,20)21)11-17(13)14(2)15-7-5-4-6-8-15/h4-11H,2,12H2,1,3H3,(H,22,23). The van der Waals surface area contributed by atoms with Gasteiger partial charge in [0, 0.05) is 5.69 Å². The van der Waals surface area contributed by atoms with Crippen LogP contribution in [0.1, 0.15) is 30.0 Å². The number of hydrogen-bond donors (Lipinski definition) is 1. The molecule has 0 saturated carbocycles. The molecule has 23 heavy (non-hydrogen) atoms. The molecule has 0 aliphatic rings. The molecule has 0 aromatic heterocycles. The summed E-state index contributed by atoms with van der Waals surface area (Å²) in [5, 5.41) is 2.82. The fourth-order valence-corrected chi connectivity index (χ4v) is 2.55. The molecule has 0 saturated heterocycles. The Labute approximate surface area is 147 Å². The maximum absolute atomic E-state index is 12.0. The van der Waals surface area contributed by atoms with Gasteiger partial charge in [-0.3, -0.25) is 4.79 Å². The first-order valence-electron chi connectivity index (χ1n) is 7.29. The predicted molar refractivity (Wildman–Crippen MR) is 99.1 cm³/mol. The minimum absolute atomic E-state index is 0.0267. The number of alkyl halides is 2. The first-order chi connectivity index (χ1) is 10.8. The molecule has 2 aromatic carbocycles. The van der Waals surface area contributed by atoms with Crippen molar-refractivity contribution in [2.45, 2.75) is 24.6 Å². The Hall–Kier alpha value is -1.77. The summed E-state index contributed by atoms with van der Waals surface area (Å²) in [4.78, 5) is 12.0. The molecule has 0 radical (unpaired) electrons. The zero-order valence-electron chi connectivity index (χ0n) is 13.2. The van der Waals surface area contributed by atoms with Crippen LogP contribution in [-0.4, -0.2) is 10.2 Å². The molecule has 2 rings (SSSR count). The molecule has 0 bridgehead atoms. The van der Waals surface area contributed by atoms with E-state index in [2.05, 4.69) is 11.9 Å². The molecule has 0 aliphatic heterocycles. The topological polar surface area (TPSA) is 29.1 Å². The van der Waals surface area contributed by atoms with E-state index in [1.807, 2.05) is 55.5 Å². The van der Waals surface area contributed by atoms with Crippen molar-refractivity contribution in [3.05, 3.63) is 71.8 Å². The summed E-state index contributed by atoms with van der Waals surface area (Å²) in [7, 11) is 0. The van der Waals surface area contributed by atoms with Crippen molar-refractivity contribution in [1.29, 1.82) is 0 Å². The number of rotatable bonds is 5. The number of nitrogens with one attached hydrogen (secondary N) is 1. The van der Waals surface area contributed by atoms with Crippen molar-refractivity contribution < 1.29 is 4.79 Å². The van der Waals surface area contributed by atoms with E-state index in [1.54, 1.807) is 6.92 Å². The average molecular weight is 348 g/mol. The van der Waals surface area contributed by atoms with Crippen molar-refractivity contribution in [1.82, 2.24) is 0 Å². The van der Waals surface area contributed by atoms with Gasteiger partial charge in [0.2, 0.25) is 5.91 Å². The van der Waals surface area contributed by atoms with Crippen LogP contribution in [-0.2, 0) is 4.79 Å². The third-order valence-electron chi connectivity index (χ3n) is 3.44. The van der Waals surface area contributed by atoms with Gasteiger partial charge >= 0.3 is 0 Å². The van der Waals surface area contributed by atoms with Crippen LogP contribution in [0.2, 0.25) is 0 Å². The highest BCUT2D eigenvalue weighted by Gasteiger charge is 2.21. The van der Waals surface area contributed by atoms with Crippen molar-refractivity contribution in [3.63, 3.8) is 0 Å². The second kappa shape index (κ2) is 7.20. The van der Waals surface area contributed by atoms with Gasteiger partial charge < -0.3 is 5.32 Å². The zero-order chi connectivity index (χ0) is 17.0. The van der Waals surface area contributed by atoms with Crippen LogP contribution in [0.3, 0.4) is 0 Å². The van der Waals surface area contributed by atoms with E-state index in [1.165, 1.54) is 0 Å². The van der Waals surface area contributed by atoms with Gasteiger partial charge in [0.25, 0.3) is 0 Å². The van der Waals surface area contributed by atoms with Gasteiger partial charge in [0.1, 0.15) is 4.33 Å². The third kappa shape index (κ3) is 5.12. The summed E-state index contributed by atoms with van der Waals surface area (Å²) in [5.41, 5.74) is 4.75. The molecule has 0 fully saturated rings. The van der Waals surface area contributed by atoms with Gasteiger partial charge in [0.05, 0.1) is 6.42 Å². The SMILES string of the molecule is C=C(c1ccccc1)c1cc(NC(=O)CC(C)(Cl)Cl)ccc1C. The number of carbonyl (C=O) groups is 1. The van der Waals surface area contributed by atoms with Gasteiger partial charge in [0.15, 0.2) is 0 Å². The molecule has 0 aliphatic carbocycles. The molecule has 120 valence electrons. The molecule has 4 heteroatoms. The molecule has 1 amide bonds. The van der Waals surface area contributed by atoms with Crippen LogP contribution >= 0.6 is 23.2 Å². The maximum atomic E-state index is 12.0. The monoisotopic (exact) mass is 347 g/mol. The molecule has 0 spiro atoms. The van der Waals surface area contributed by atoms with Crippen LogP contribution in [0, 0.1) is 6.92 Å². The lowest BCUT2D eigenvalue weighted by molar-refractivity contribution is -0.116. The van der Waals surface area contributed by atoms with Crippen LogP contribution in [0.25, 0.3) is 5.57 Å². The maximum Gasteiger partial charge on any atom is 0.227 e. The number of carbonyl (C=O) groups excluding carboxylic acids is 1. The third-order valence-corrected chi connectivity index (χ3v) is 3.71. The summed E-state index contributed by atoms with van der Waals surface area (Å²) in [5.74, 6) is -0.224. The summed E-state index contributed by atoms with van der Waals surface area (Å²) in [6.07, 6.45) is 0.0267. The lowest BCUT2D eigenvalue weighted by Crippen LogP contribution is -2.20. The number of benzene rings is 2. The summed E-state index contributed by atoms with van der Waals surface area (Å²) >= 11 is 11.7. The minimum atomic E-state index is -1.08. The molecule has 0 atom stereocenters. The van der Waals surface area contributed by atoms with Gasteiger partial charge in [-0.05, 0) is 48.2 Å². The molecular formula is C19H19Cl2NO. The zero-order valence-corrected chi connectivity index (χ0v) is 14.7. The quantitative estimate of drug-likeness (QED) is 0.702.